The number of pyridine rings is 1. The number of fused-ring (bicyclic) bond motifs is 1. The molecule has 2 N–H and O–H groups in total. The molecule has 5 heteroatoms. The summed E-state index contributed by atoms with van der Waals surface area (Å²) in [4.78, 5) is 16.4. The Balaban J connectivity index is 1.44. The summed E-state index contributed by atoms with van der Waals surface area (Å²) in [6.07, 6.45) is 2.66. The molecule has 0 bridgehead atoms. The molecular formula is C20H20FN3O. The predicted molar refractivity (Wildman–Crippen MR) is 98.0 cm³/mol. The molecule has 0 saturated heterocycles. The van der Waals surface area contributed by atoms with Crippen LogP contribution in [-0.4, -0.2) is 24.0 Å². The Labute approximate surface area is 146 Å². The van der Waals surface area contributed by atoms with E-state index < -0.39 is 0 Å². The topological polar surface area (TPSA) is 54.0 Å². The van der Waals surface area contributed by atoms with E-state index in [2.05, 4.69) is 15.6 Å². The second-order valence-corrected chi connectivity index (χ2v) is 5.77. The van der Waals surface area contributed by atoms with Crippen LogP contribution in [-0.2, 0) is 11.2 Å². The van der Waals surface area contributed by atoms with Gasteiger partial charge in [0, 0.05) is 24.5 Å². The van der Waals surface area contributed by atoms with Crippen molar-refractivity contribution in [3.05, 3.63) is 72.2 Å². The third-order valence-electron chi connectivity index (χ3n) is 3.96. The Hall–Kier alpha value is -2.79. The number of hydrogen-bond acceptors (Lipinski definition) is 3. The van der Waals surface area contributed by atoms with Gasteiger partial charge in [-0.3, -0.25) is 9.78 Å². The average molecular weight is 337 g/mol. The van der Waals surface area contributed by atoms with E-state index in [1.54, 1.807) is 18.3 Å². The lowest BCUT2D eigenvalue weighted by molar-refractivity contribution is -0.116. The van der Waals surface area contributed by atoms with E-state index in [1.807, 2.05) is 36.4 Å². The summed E-state index contributed by atoms with van der Waals surface area (Å²) < 4.78 is 13.5. The van der Waals surface area contributed by atoms with Crippen LogP contribution in [0.4, 0.5) is 10.1 Å². The maximum atomic E-state index is 13.5. The van der Waals surface area contributed by atoms with Gasteiger partial charge in [-0.05, 0) is 36.7 Å². The van der Waals surface area contributed by atoms with Crippen molar-refractivity contribution in [1.29, 1.82) is 0 Å². The fraction of sp³-hybridized carbons (Fsp3) is 0.200. The van der Waals surface area contributed by atoms with E-state index in [1.165, 1.54) is 6.07 Å². The summed E-state index contributed by atoms with van der Waals surface area (Å²) in [5, 5.41) is 7.06. The lowest BCUT2D eigenvalue weighted by Gasteiger charge is -2.09. The molecule has 2 aromatic carbocycles. The van der Waals surface area contributed by atoms with Gasteiger partial charge in [0.05, 0.1) is 11.2 Å². The molecule has 128 valence electrons. The number of hydrogen-bond donors (Lipinski definition) is 2. The van der Waals surface area contributed by atoms with Gasteiger partial charge in [-0.15, -0.1) is 0 Å². The molecule has 1 heterocycles. The van der Waals surface area contributed by atoms with Gasteiger partial charge < -0.3 is 10.6 Å². The number of aromatic nitrogens is 1. The highest BCUT2D eigenvalue weighted by Crippen LogP contribution is 2.20. The fourth-order valence-corrected chi connectivity index (χ4v) is 2.67. The Morgan fingerprint density at radius 3 is 2.72 bits per heavy atom. The third-order valence-corrected chi connectivity index (χ3v) is 3.96. The first kappa shape index (κ1) is 17.0. The van der Waals surface area contributed by atoms with Gasteiger partial charge in [0.1, 0.15) is 5.82 Å². The normalized spacial score (nSPS) is 10.8. The summed E-state index contributed by atoms with van der Waals surface area (Å²) in [6.45, 7) is 1.17. The highest BCUT2D eigenvalue weighted by atomic mass is 19.1. The lowest BCUT2D eigenvalue weighted by Crippen LogP contribution is -2.23. The molecule has 0 atom stereocenters. The first-order chi connectivity index (χ1) is 12.2. The van der Waals surface area contributed by atoms with Crippen molar-refractivity contribution in [2.45, 2.75) is 12.8 Å². The quantitative estimate of drug-likeness (QED) is 0.649. The van der Waals surface area contributed by atoms with Crippen molar-refractivity contribution in [2.75, 3.05) is 18.4 Å². The number of nitrogens with one attached hydrogen (secondary N) is 2. The van der Waals surface area contributed by atoms with E-state index >= 15 is 0 Å². The number of halogens is 1. The zero-order valence-corrected chi connectivity index (χ0v) is 13.8. The minimum Gasteiger partial charge on any atom is -0.324 e. The summed E-state index contributed by atoms with van der Waals surface area (Å²) in [6, 6.07) is 16.3. The molecular weight excluding hydrogens is 317 g/mol. The second-order valence-electron chi connectivity index (χ2n) is 5.77. The Bertz CT molecular complexity index is 861. The van der Waals surface area contributed by atoms with Gasteiger partial charge in [0.15, 0.2) is 0 Å². The number of nitrogens with zero attached hydrogens (tertiary/aromatic N) is 1. The molecule has 0 spiro atoms. The molecule has 1 amide bonds. The minimum absolute atomic E-state index is 0.0726. The molecule has 0 unspecified atom stereocenters. The van der Waals surface area contributed by atoms with Crippen molar-refractivity contribution >= 4 is 22.5 Å². The number of carbonyl (C=O) groups is 1. The van der Waals surface area contributed by atoms with Crippen molar-refractivity contribution in [2.24, 2.45) is 0 Å². The Morgan fingerprint density at radius 2 is 1.84 bits per heavy atom. The van der Waals surface area contributed by atoms with Crippen LogP contribution >= 0.6 is 0 Å². The van der Waals surface area contributed by atoms with Crippen LogP contribution in [0.5, 0.6) is 0 Å². The highest BCUT2D eigenvalue weighted by molar-refractivity contribution is 6.00. The van der Waals surface area contributed by atoms with E-state index in [4.69, 9.17) is 0 Å². The predicted octanol–water partition coefficient (Wildman–Crippen LogP) is 3.53. The summed E-state index contributed by atoms with van der Waals surface area (Å²) in [5.41, 5.74) is 2.18. The molecule has 1 aromatic heterocycles. The molecule has 0 aliphatic carbocycles. The molecule has 25 heavy (non-hydrogen) atoms. The Kier molecular flexibility index (Phi) is 5.69. The fourth-order valence-electron chi connectivity index (χ4n) is 2.67. The van der Waals surface area contributed by atoms with Crippen LogP contribution in [0.1, 0.15) is 12.0 Å². The molecule has 0 saturated carbocycles. The number of carbonyl (C=O) groups excluding carboxylic acids is 1. The maximum absolute atomic E-state index is 13.5. The molecule has 3 rings (SSSR count). The van der Waals surface area contributed by atoms with Crippen LogP contribution < -0.4 is 10.6 Å². The lowest BCUT2D eigenvalue weighted by atomic mass is 10.1. The van der Waals surface area contributed by atoms with Crippen LogP contribution in [0.15, 0.2) is 60.8 Å². The van der Waals surface area contributed by atoms with E-state index in [9.17, 15) is 9.18 Å². The smallest absolute Gasteiger partial charge is 0.225 e. The average Bonchev–Trinajstić information content (AvgIpc) is 2.63. The Morgan fingerprint density at radius 1 is 1.00 bits per heavy atom. The van der Waals surface area contributed by atoms with E-state index in [0.717, 1.165) is 16.6 Å². The van der Waals surface area contributed by atoms with Gasteiger partial charge >= 0.3 is 0 Å². The van der Waals surface area contributed by atoms with Gasteiger partial charge in [-0.1, -0.05) is 36.4 Å². The minimum atomic E-state index is -0.189. The number of amides is 1. The molecule has 0 aliphatic rings. The molecule has 0 aliphatic heterocycles. The van der Waals surface area contributed by atoms with Crippen LogP contribution in [0.2, 0.25) is 0 Å². The standard InChI is InChI=1S/C20H20FN3O/c21-17-8-2-1-5-15(17)10-13-22-14-11-19(25)24-18-9-3-6-16-7-4-12-23-20(16)18/h1-9,12,22H,10-11,13-14H2,(H,24,25). The number of anilines is 1. The molecule has 0 fully saturated rings. The maximum Gasteiger partial charge on any atom is 0.225 e. The molecule has 4 nitrogen and oxygen atoms in total. The van der Waals surface area contributed by atoms with Crippen LogP contribution in [0.3, 0.4) is 0 Å². The van der Waals surface area contributed by atoms with Gasteiger partial charge in [-0.2, -0.15) is 0 Å². The van der Waals surface area contributed by atoms with Crippen molar-refractivity contribution in [3.8, 4) is 0 Å². The SMILES string of the molecule is O=C(CCNCCc1ccccc1F)Nc1cccc2cccnc12. The van der Waals surface area contributed by atoms with Gasteiger partial charge in [0.2, 0.25) is 5.91 Å². The summed E-state index contributed by atoms with van der Waals surface area (Å²) in [5.74, 6) is -0.262. The summed E-state index contributed by atoms with van der Waals surface area (Å²) in [7, 11) is 0. The first-order valence-corrected chi connectivity index (χ1v) is 8.32. The number of benzene rings is 2. The van der Waals surface area contributed by atoms with Gasteiger partial charge in [0.25, 0.3) is 0 Å². The van der Waals surface area contributed by atoms with E-state index in [0.29, 0.717) is 31.5 Å². The van der Waals surface area contributed by atoms with Crippen molar-refractivity contribution in [3.63, 3.8) is 0 Å². The molecule has 3 aromatic rings. The van der Waals surface area contributed by atoms with E-state index in [-0.39, 0.29) is 11.7 Å². The highest BCUT2D eigenvalue weighted by Gasteiger charge is 2.06. The second kappa shape index (κ2) is 8.35. The monoisotopic (exact) mass is 337 g/mol. The largest absolute Gasteiger partial charge is 0.324 e. The van der Waals surface area contributed by atoms with Crippen LogP contribution in [0.25, 0.3) is 10.9 Å². The zero-order chi connectivity index (χ0) is 17.5. The first-order valence-electron chi connectivity index (χ1n) is 8.32. The molecule has 0 radical (unpaired) electrons. The van der Waals surface area contributed by atoms with Crippen LogP contribution in [0, 0.1) is 5.82 Å². The van der Waals surface area contributed by atoms with Crippen molar-refractivity contribution in [1.82, 2.24) is 10.3 Å². The summed E-state index contributed by atoms with van der Waals surface area (Å²) >= 11 is 0. The number of para-hydroxylation sites is 1. The number of rotatable bonds is 7. The third kappa shape index (κ3) is 4.61. The van der Waals surface area contributed by atoms with Gasteiger partial charge in [-0.25, -0.2) is 4.39 Å². The van der Waals surface area contributed by atoms with Crippen molar-refractivity contribution < 1.29 is 9.18 Å². The zero-order valence-electron chi connectivity index (χ0n) is 13.8.